The first-order chi connectivity index (χ1) is 8.82. The first-order valence-corrected chi connectivity index (χ1v) is 8.25. The molecule has 19 heavy (non-hydrogen) atoms. The van der Waals surface area contributed by atoms with Crippen molar-refractivity contribution in [1.82, 2.24) is 9.62 Å². The van der Waals surface area contributed by atoms with Crippen molar-refractivity contribution in [2.45, 2.75) is 24.8 Å². The first-order valence-electron chi connectivity index (χ1n) is 6.01. The second kappa shape index (κ2) is 5.47. The van der Waals surface area contributed by atoms with Crippen molar-refractivity contribution in [2.24, 2.45) is 0 Å². The van der Waals surface area contributed by atoms with Gasteiger partial charge in [0.1, 0.15) is 5.82 Å². The zero-order chi connectivity index (χ0) is 14.2. The molecule has 0 aromatic heterocycles. The smallest absolute Gasteiger partial charge is 0.243 e. The Labute approximate surface area is 121 Å². The predicted molar refractivity (Wildman–Crippen MR) is 75.1 cm³/mol. The number of aryl methyl sites for hydroxylation is 1. The molecule has 4 nitrogen and oxygen atoms in total. The van der Waals surface area contributed by atoms with Gasteiger partial charge in [0.25, 0.3) is 0 Å². The van der Waals surface area contributed by atoms with E-state index in [9.17, 15) is 12.8 Å². The van der Waals surface area contributed by atoms with E-state index in [1.54, 1.807) is 6.92 Å². The van der Waals surface area contributed by atoms with Crippen LogP contribution in [0.3, 0.4) is 0 Å². The van der Waals surface area contributed by atoms with E-state index >= 15 is 0 Å². The highest BCUT2D eigenvalue weighted by atomic mass is 79.9. The van der Waals surface area contributed by atoms with Gasteiger partial charge in [-0.15, -0.1) is 0 Å². The van der Waals surface area contributed by atoms with Gasteiger partial charge in [0.15, 0.2) is 0 Å². The summed E-state index contributed by atoms with van der Waals surface area (Å²) in [7, 11) is -3.57. The van der Waals surface area contributed by atoms with Gasteiger partial charge < -0.3 is 5.32 Å². The minimum Gasteiger partial charge on any atom is -0.312 e. The van der Waals surface area contributed by atoms with E-state index in [1.165, 1.54) is 16.4 Å². The van der Waals surface area contributed by atoms with Crippen LogP contribution in [0.2, 0.25) is 0 Å². The molecule has 1 N–H and O–H groups in total. The summed E-state index contributed by atoms with van der Waals surface area (Å²) < 4.78 is 40.1. The molecule has 0 bridgehead atoms. The number of sulfonamides is 1. The SMILES string of the molecule is Cc1cc(F)c(Br)cc1S(=O)(=O)N1CCNC(C)C1. The Hall–Kier alpha value is -0.500. The average molecular weight is 351 g/mol. The van der Waals surface area contributed by atoms with Crippen LogP contribution in [0.25, 0.3) is 0 Å². The van der Waals surface area contributed by atoms with Gasteiger partial charge in [-0.25, -0.2) is 12.8 Å². The molecule has 0 spiro atoms. The molecule has 0 aliphatic carbocycles. The van der Waals surface area contributed by atoms with Gasteiger partial charge in [0.05, 0.1) is 9.37 Å². The van der Waals surface area contributed by atoms with Crippen molar-refractivity contribution in [3.63, 3.8) is 0 Å². The lowest BCUT2D eigenvalue weighted by Crippen LogP contribution is -2.51. The Balaban J connectivity index is 2.42. The number of nitrogens with zero attached hydrogens (tertiary/aromatic N) is 1. The molecule has 7 heteroatoms. The summed E-state index contributed by atoms with van der Waals surface area (Å²) in [6, 6.07) is 2.70. The fraction of sp³-hybridized carbons (Fsp3) is 0.500. The summed E-state index contributed by atoms with van der Waals surface area (Å²) in [5.74, 6) is -0.454. The molecule has 1 unspecified atom stereocenters. The Morgan fingerprint density at radius 2 is 2.16 bits per heavy atom. The first kappa shape index (κ1) is 14.9. The van der Waals surface area contributed by atoms with E-state index in [4.69, 9.17) is 0 Å². The minimum absolute atomic E-state index is 0.118. The predicted octanol–water partition coefficient (Wildman–Crippen LogP) is 1.88. The van der Waals surface area contributed by atoms with Crippen molar-refractivity contribution in [3.8, 4) is 0 Å². The van der Waals surface area contributed by atoms with E-state index in [2.05, 4.69) is 21.2 Å². The average Bonchev–Trinajstić information content (AvgIpc) is 2.33. The molecule has 1 aromatic rings. The van der Waals surface area contributed by atoms with Crippen molar-refractivity contribution in [2.75, 3.05) is 19.6 Å². The van der Waals surface area contributed by atoms with Gasteiger partial charge in [0, 0.05) is 25.7 Å². The van der Waals surface area contributed by atoms with Gasteiger partial charge in [-0.2, -0.15) is 4.31 Å². The number of hydrogen-bond acceptors (Lipinski definition) is 3. The molecule has 1 atom stereocenters. The number of benzene rings is 1. The minimum atomic E-state index is -3.57. The molecular formula is C12H16BrFN2O2S. The third-order valence-corrected chi connectivity index (χ3v) is 5.78. The molecule has 0 saturated carbocycles. The molecule has 1 aliphatic heterocycles. The van der Waals surface area contributed by atoms with Gasteiger partial charge in [0.2, 0.25) is 10.0 Å². The number of rotatable bonds is 2. The fourth-order valence-electron chi connectivity index (χ4n) is 2.16. The van der Waals surface area contributed by atoms with Crippen LogP contribution < -0.4 is 5.32 Å². The van der Waals surface area contributed by atoms with Crippen molar-refractivity contribution in [1.29, 1.82) is 0 Å². The van der Waals surface area contributed by atoms with Crippen LogP contribution in [-0.2, 0) is 10.0 Å². The summed E-state index contributed by atoms with van der Waals surface area (Å²) in [5.41, 5.74) is 0.423. The van der Waals surface area contributed by atoms with Crippen LogP contribution in [0.4, 0.5) is 4.39 Å². The van der Waals surface area contributed by atoms with Gasteiger partial charge in [-0.3, -0.25) is 0 Å². The summed E-state index contributed by atoms with van der Waals surface area (Å²) in [6.07, 6.45) is 0. The summed E-state index contributed by atoms with van der Waals surface area (Å²) >= 11 is 3.04. The monoisotopic (exact) mass is 350 g/mol. The standard InChI is InChI=1S/C12H16BrFN2O2S/c1-8-5-11(14)10(13)6-12(8)19(17,18)16-4-3-15-9(2)7-16/h5-6,9,15H,3-4,7H2,1-2H3. The Morgan fingerprint density at radius 3 is 2.79 bits per heavy atom. The fourth-order valence-corrected chi connectivity index (χ4v) is 4.42. The molecule has 0 amide bonds. The molecule has 1 fully saturated rings. The Morgan fingerprint density at radius 1 is 1.47 bits per heavy atom. The van der Waals surface area contributed by atoms with Crippen molar-refractivity contribution >= 4 is 26.0 Å². The highest BCUT2D eigenvalue weighted by molar-refractivity contribution is 9.10. The summed E-state index contributed by atoms with van der Waals surface area (Å²) in [4.78, 5) is 0.162. The van der Waals surface area contributed by atoms with Crippen LogP contribution >= 0.6 is 15.9 Å². The summed E-state index contributed by atoms with van der Waals surface area (Å²) in [6.45, 7) is 5.03. The van der Waals surface area contributed by atoms with Crippen LogP contribution in [0.15, 0.2) is 21.5 Å². The van der Waals surface area contributed by atoms with Gasteiger partial charge in [-0.1, -0.05) is 0 Å². The van der Waals surface area contributed by atoms with Crippen LogP contribution in [0.1, 0.15) is 12.5 Å². The Bertz CT molecular complexity index is 592. The Kier molecular flexibility index (Phi) is 4.29. The quantitative estimate of drug-likeness (QED) is 0.885. The summed E-state index contributed by atoms with van der Waals surface area (Å²) in [5, 5.41) is 3.20. The van der Waals surface area contributed by atoms with Crippen LogP contribution in [-0.4, -0.2) is 38.4 Å². The van der Waals surface area contributed by atoms with Gasteiger partial charge >= 0.3 is 0 Å². The molecule has 1 saturated heterocycles. The lowest BCUT2D eigenvalue weighted by molar-refractivity contribution is 0.310. The topological polar surface area (TPSA) is 49.4 Å². The highest BCUT2D eigenvalue weighted by Crippen LogP contribution is 2.26. The van der Waals surface area contributed by atoms with Crippen molar-refractivity contribution in [3.05, 3.63) is 28.0 Å². The molecule has 1 aromatic carbocycles. The molecule has 1 aliphatic rings. The van der Waals surface area contributed by atoms with E-state index < -0.39 is 15.8 Å². The largest absolute Gasteiger partial charge is 0.312 e. The van der Waals surface area contributed by atoms with Crippen LogP contribution in [0, 0.1) is 12.7 Å². The molecule has 106 valence electrons. The second-order valence-electron chi connectivity index (χ2n) is 4.75. The number of hydrogen-bond donors (Lipinski definition) is 1. The second-order valence-corrected chi connectivity index (χ2v) is 7.51. The molecule has 2 rings (SSSR count). The zero-order valence-electron chi connectivity index (χ0n) is 10.8. The highest BCUT2D eigenvalue weighted by Gasteiger charge is 2.30. The maximum absolute atomic E-state index is 13.4. The van der Waals surface area contributed by atoms with Crippen LogP contribution in [0.5, 0.6) is 0 Å². The zero-order valence-corrected chi connectivity index (χ0v) is 13.2. The third kappa shape index (κ3) is 2.99. The maximum Gasteiger partial charge on any atom is 0.243 e. The van der Waals surface area contributed by atoms with E-state index in [1.807, 2.05) is 6.92 Å². The third-order valence-electron chi connectivity index (χ3n) is 3.17. The number of piperazine rings is 1. The number of halogens is 2. The van der Waals surface area contributed by atoms with Gasteiger partial charge in [-0.05, 0) is 47.5 Å². The van der Waals surface area contributed by atoms with E-state index in [0.717, 1.165) is 0 Å². The lowest BCUT2D eigenvalue weighted by atomic mass is 10.2. The lowest BCUT2D eigenvalue weighted by Gasteiger charge is -2.31. The molecule has 1 heterocycles. The normalized spacial score (nSPS) is 21.6. The molecule has 0 radical (unpaired) electrons. The maximum atomic E-state index is 13.4. The molecular weight excluding hydrogens is 335 g/mol. The van der Waals surface area contributed by atoms with E-state index in [0.29, 0.717) is 25.2 Å². The van der Waals surface area contributed by atoms with E-state index in [-0.39, 0.29) is 15.4 Å². The number of nitrogens with one attached hydrogen (secondary N) is 1. The van der Waals surface area contributed by atoms with Crippen molar-refractivity contribution < 1.29 is 12.8 Å².